The predicted octanol–water partition coefficient (Wildman–Crippen LogP) is -0.358. The quantitative estimate of drug-likeness (QED) is 0.340. The fourth-order valence-corrected chi connectivity index (χ4v) is 1.42. The molecule has 12 heavy (non-hydrogen) atoms. The SMILES string of the molecule is CCOP(=O)(OCC)[C-](F)F.[Li+]. The van der Waals surface area contributed by atoms with Gasteiger partial charge in [-0.2, -0.15) is 0 Å². The first-order chi connectivity index (χ1) is 5.06. The minimum Gasteiger partial charge on any atom is -0.408 e. The van der Waals surface area contributed by atoms with Crippen molar-refractivity contribution >= 4 is 7.60 Å². The number of rotatable bonds is 5. The van der Waals surface area contributed by atoms with E-state index in [1.54, 1.807) is 0 Å². The molecule has 0 heterocycles. The molecule has 0 N–H and O–H groups in total. The van der Waals surface area contributed by atoms with E-state index < -0.39 is 13.8 Å². The van der Waals surface area contributed by atoms with Crippen LogP contribution < -0.4 is 18.9 Å². The summed E-state index contributed by atoms with van der Waals surface area (Å²) in [5.41, 5.74) is 0. The van der Waals surface area contributed by atoms with Crippen molar-refractivity contribution in [2.24, 2.45) is 0 Å². The third kappa shape index (κ3) is 4.59. The molecule has 0 saturated heterocycles. The first-order valence-corrected chi connectivity index (χ1v) is 4.68. The molecule has 0 aliphatic rings. The molecule has 0 aromatic heterocycles. The summed E-state index contributed by atoms with van der Waals surface area (Å²) in [6.07, 6.45) is -2.29. The van der Waals surface area contributed by atoms with Crippen molar-refractivity contribution in [3.63, 3.8) is 0 Å². The Labute approximate surface area is 82.5 Å². The molecule has 0 amide bonds. The van der Waals surface area contributed by atoms with Crippen LogP contribution in [0.3, 0.4) is 0 Å². The van der Waals surface area contributed by atoms with Crippen LogP contribution >= 0.6 is 7.60 Å². The zero-order valence-electron chi connectivity index (χ0n) is 7.34. The van der Waals surface area contributed by atoms with Crippen LogP contribution in [0, 0.1) is 6.17 Å². The summed E-state index contributed by atoms with van der Waals surface area (Å²) >= 11 is 0. The minimum absolute atomic E-state index is 0. The van der Waals surface area contributed by atoms with Crippen LogP contribution in [0.15, 0.2) is 0 Å². The zero-order chi connectivity index (χ0) is 8.91. The molecule has 0 aliphatic carbocycles. The van der Waals surface area contributed by atoms with Gasteiger partial charge in [-0.15, -0.1) is 0 Å². The summed E-state index contributed by atoms with van der Waals surface area (Å²) in [5.74, 6) is 0. The first-order valence-electron chi connectivity index (χ1n) is 3.14. The summed E-state index contributed by atoms with van der Waals surface area (Å²) in [6, 6.07) is 0. The molecule has 0 aromatic rings. The normalized spacial score (nSPS) is 11.4. The average molecular weight is 194 g/mol. The van der Waals surface area contributed by atoms with Gasteiger partial charge in [0.25, 0.3) is 0 Å². The molecular formula is C5H10F2LiO3P. The third-order valence-corrected chi connectivity index (χ3v) is 2.42. The molecule has 0 bridgehead atoms. The van der Waals surface area contributed by atoms with Crippen LogP contribution in [0.2, 0.25) is 0 Å². The number of hydrogen-bond donors (Lipinski definition) is 0. The molecule has 0 unspecified atom stereocenters. The van der Waals surface area contributed by atoms with E-state index in [2.05, 4.69) is 9.05 Å². The van der Waals surface area contributed by atoms with E-state index in [0.29, 0.717) is 0 Å². The molecule has 0 rings (SSSR count). The molecule has 0 radical (unpaired) electrons. The van der Waals surface area contributed by atoms with Gasteiger partial charge in [0.1, 0.15) is 6.17 Å². The van der Waals surface area contributed by atoms with Crippen molar-refractivity contribution in [2.75, 3.05) is 13.2 Å². The second-order valence-corrected chi connectivity index (χ2v) is 3.42. The van der Waals surface area contributed by atoms with Gasteiger partial charge in [-0.25, -0.2) is 0 Å². The van der Waals surface area contributed by atoms with Gasteiger partial charge in [0.2, 0.25) is 7.60 Å². The van der Waals surface area contributed by atoms with Crippen LogP contribution in [0.25, 0.3) is 0 Å². The van der Waals surface area contributed by atoms with Gasteiger partial charge >= 0.3 is 18.9 Å². The van der Waals surface area contributed by atoms with Gasteiger partial charge in [0.15, 0.2) is 0 Å². The Morgan fingerprint density at radius 1 is 1.25 bits per heavy atom. The Morgan fingerprint density at radius 3 is 1.75 bits per heavy atom. The predicted molar refractivity (Wildman–Crippen MR) is 36.3 cm³/mol. The maximum atomic E-state index is 11.9. The molecule has 0 fully saturated rings. The Hall–Kier alpha value is 0.607. The number of hydrogen-bond acceptors (Lipinski definition) is 3. The summed E-state index contributed by atoms with van der Waals surface area (Å²) in [5, 5.41) is 0. The maximum absolute atomic E-state index is 11.9. The van der Waals surface area contributed by atoms with Crippen molar-refractivity contribution in [3.8, 4) is 0 Å². The van der Waals surface area contributed by atoms with Gasteiger partial charge in [-0.3, -0.25) is 4.57 Å². The van der Waals surface area contributed by atoms with Crippen molar-refractivity contribution in [2.45, 2.75) is 13.8 Å². The van der Waals surface area contributed by atoms with E-state index in [1.807, 2.05) is 0 Å². The van der Waals surface area contributed by atoms with Crippen molar-refractivity contribution in [3.05, 3.63) is 6.17 Å². The summed E-state index contributed by atoms with van der Waals surface area (Å²) in [4.78, 5) is 0. The van der Waals surface area contributed by atoms with Crippen molar-refractivity contribution in [1.82, 2.24) is 0 Å². The molecule has 68 valence electrons. The standard InChI is InChI=1S/C5H10F2O3P.Li/c1-3-9-11(8,5(6)7)10-4-2;/h3-4H2,1-2H3;/q-1;+1. The van der Waals surface area contributed by atoms with Crippen molar-refractivity contribution in [1.29, 1.82) is 0 Å². The molecule has 7 heteroatoms. The zero-order valence-corrected chi connectivity index (χ0v) is 8.24. The monoisotopic (exact) mass is 194 g/mol. The first kappa shape index (κ1) is 15.1. The van der Waals surface area contributed by atoms with E-state index in [1.165, 1.54) is 13.8 Å². The Morgan fingerprint density at radius 2 is 1.58 bits per heavy atom. The van der Waals surface area contributed by atoms with E-state index in [4.69, 9.17) is 0 Å². The van der Waals surface area contributed by atoms with Gasteiger partial charge in [0.05, 0.1) is 13.2 Å². The van der Waals surface area contributed by atoms with Crippen LogP contribution in [0.1, 0.15) is 13.8 Å². The fourth-order valence-electron chi connectivity index (χ4n) is 0.475. The van der Waals surface area contributed by atoms with E-state index in [0.717, 1.165) is 0 Å². The Kier molecular flexibility index (Phi) is 8.87. The van der Waals surface area contributed by atoms with Gasteiger partial charge < -0.3 is 17.8 Å². The van der Waals surface area contributed by atoms with Crippen molar-refractivity contribution < 1.29 is 41.3 Å². The van der Waals surface area contributed by atoms with Gasteiger partial charge in [-0.1, -0.05) is 0 Å². The van der Waals surface area contributed by atoms with Crippen LogP contribution in [-0.4, -0.2) is 13.2 Å². The molecule has 0 saturated carbocycles. The molecule has 0 atom stereocenters. The summed E-state index contributed by atoms with van der Waals surface area (Å²) in [7, 11) is -4.21. The Bertz CT molecular complexity index is 146. The van der Waals surface area contributed by atoms with Gasteiger partial charge in [-0.05, 0) is 13.8 Å². The Balaban J connectivity index is 0. The second kappa shape index (κ2) is 7.05. The molecule has 0 aliphatic heterocycles. The molecule has 0 spiro atoms. The third-order valence-electron chi connectivity index (χ3n) is 0.805. The second-order valence-electron chi connectivity index (χ2n) is 1.57. The fraction of sp³-hybridized carbons (Fsp3) is 0.800. The van der Waals surface area contributed by atoms with E-state index in [-0.39, 0.29) is 32.1 Å². The smallest absolute Gasteiger partial charge is 0.408 e. The minimum atomic E-state index is -4.21. The van der Waals surface area contributed by atoms with Crippen LogP contribution in [0.5, 0.6) is 0 Å². The van der Waals surface area contributed by atoms with E-state index >= 15 is 0 Å². The van der Waals surface area contributed by atoms with Crippen LogP contribution in [0.4, 0.5) is 8.78 Å². The molecule has 0 aromatic carbocycles. The number of halogens is 2. The van der Waals surface area contributed by atoms with Crippen LogP contribution in [-0.2, 0) is 13.6 Å². The molecular weight excluding hydrogens is 184 g/mol. The largest absolute Gasteiger partial charge is 1.00 e. The summed E-state index contributed by atoms with van der Waals surface area (Å²) in [6.45, 7) is 2.81. The maximum Gasteiger partial charge on any atom is 1.00 e. The van der Waals surface area contributed by atoms with Gasteiger partial charge in [0, 0.05) is 0 Å². The topological polar surface area (TPSA) is 35.5 Å². The molecule has 3 nitrogen and oxygen atoms in total. The summed E-state index contributed by atoms with van der Waals surface area (Å²) < 4.78 is 43.2. The van der Waals surface area contributed by atoms with E-state index in [9.17, 15) is 13.3 Å². The average Bonchev–Trinajstić information content (AvgIpc) is 1.88.